The number of nitrogens with one attached hydrogen (secondary N) is 1. The molecule has 1 aromatic carbocycles. The van der Waals surface area contributed by atoms with Crippen LogP contribution in [0.25, 0.3) is 11.2 Å². The van der Waals surface area contributed by atoms with Crippen LogP contribution in [0.4, 0.5) is 11.8 Å². The molecule has 1 saturated heterocycles. The highest BCUT2D eigenvalue weighted by Crippen LogP contribution is 2.38. The second kappa shape index (κ2) is 12.1. The Kier molecular flexibility index (Phi) is 8.46. The molecular formula is C32H46N6O3S. The standard InChI is InChI=1S/C32H46N6O3S/c1-21(2)42(39,40)31-34-29(33-23(4)25-11-8-12-25)28-30(35-31)36-32(38(28)19-24-15-13-22(3)14-16-24)37-17-18-41-20-27(37)26-9-6-5-7-10-26/h5-7,9-10,21-25,27H,8,11-20H2,1-4H3,(H,33,34,35)/t22?,23-,24?,27+/m1/s1. The van der Waals surface area contributed by atoms with Crippen molar-refractivity contribution in [2.45, 2.75) is 102 Å². The number of fused-ring (bicyclic) bond motifs is 1. The van der Waals surface area contributed by atoms with Crippen molar-refractivity contribution in [1.29, 1.82) is 0 Å². The van der Waals surface area contributed by atoms with Crippen LogP contribution in [0.5, 0.6) is 0 Å². The van der Waals surface area contributed by atoms with Crippen molar-refractivity contribution >= 4 is 32.8 Å². The van der Waals surface area contributed by atoms with Crippen LogP contribution in [0.2, 0.25) is 0 Å². The molecule has 1 aliphatic heterocycles. The molecule has 6 rings (SSSR count). The summed E-state index contributed by atoms with van der Waals surface area (Å²) in [5.74, 6) is 3.25. The largest absolute Gasteiger partial charge is 0.377 e. The third kappa shape index (κ3) is 5.76. The number of rotatable bonds is 9. The van der Waals surface area contributed by atoms with Crippen LogP contribution < -0.4 is 10.2 Å². The molecule has 0 amide bonds. The van der Waals surface area contributed by atoms with E-state index in [0.29, 0.717) is 43.1 Å². The van der Waals surface area contributed by atoms with E-state index in [0.717, 1.165) is 23.9 Å². The molecule has 3 aliphatic rings. The Hall–Kier alpha value is -2.72. The molecule has 3 aromatic rings. The van der Waals surface area contributed by atoms with Crippen molar-refractivity contribution in [3.63, 3.8) is 0 Å². The first-order valence-electron chi connectivity index (χ1n) is 15.9. The summed E-state index contributed by atoms with van der Waals surface area (Å²) in [5.41, 5.74) is 2.44. The van der Waals surface area contributed by atoms with E-state index in [9.17, 15) is 8.42 Å². The molecule has 0 bridgehead atoms. The highest BCUT2D eigenvalue weighted by atomic mass is 32.2. The highest BCUT2D eigenvalue weighted by molar-refractivity contribution is 7.91. The summed E-state index contributed by atoms with van der Waals surface area (Å²) in [6, 6.07) is 10.6. The Bertz CT molecular complexity index is 1480. The number of imidazole rings is 1. The molecule has 2 aliphatic carbocycles. The Labute approximate surface area is 250 Å². The average Bonchev–Trinajstić information content (AvgIpc) is 3.32. The van der Waals surface area contributed by atoms with Crippen LogP contribution in [0.1, 0.15) is 84.2 Å². The molecule has 3 heterocycles. The van der Waals surface area contributed by atoms with Crippen molar-refractivity contribution in [1.82, 2.24) is 19.5 Å². The van der Waals surface area contributed by atoms with Gasteiger partial charge in [0.1, 0.15) is 5.52 Å². The number of morpholine rings is 1. The van der Waals surface area contributed by atoms with Crippen LogP contribution in [-0.2, 0) is 21.1 Å². The normalized spacial score (nSPS) is 24.6. The zero-order valence-electron chi connectivity index (χ0n) is 25.5. The van der Waals surface area contributed by atoms with Gasteiger partial charge in [-0.15, -0.1) is 0 Å². The van der Waals surface area contributed by atoms with Gasteiger partial charge in [-0.1, -0.05) is 56.5 Å². The maximum atomic E-state index is 13.4. The van der Waals surface area contributed by atoms with Crippen LogP contribution in [0.3, 0.4) is 0 Å². The minimum absolute atomic E-state index is 0.000902. The fourth-order valence-electron chi connectivity index (χ4n) is 6.67. The second-order valence-corrected chi connectivity index (χ2v) is 15.5. The lowest BCUT2D eigenvalue weighted by molar-refractivity contribution is 0.0927. The van der Waals surface area contributed by atoms with Gasteiger partial charge in [-0.2, -0.15) is 15.0 Å². The molecular weight excluding hydrogens is 548 g/mol. The average molecular weight is 595 g/mol. The fourth-order valence-corrected chi connectivity index (χ4v) is 7.53. The smallest absolute Gasteiger partial charge is 0.251 e. The molecule has 10 heteroatoms. The topological polar surface area (TPSA) is 102 Å². The number of ether oxygens (including phenoxy) is 1. The summed E-state index contributed by atoms with van der Waals surface area (Å²) >= 11 is 0. The Balaban J connectivity index is 1.52. The molecule has 0 spiro atoms. The van der Waals surface area contributed by atoms with Crippen molar-refractivity contribution in [2.75, 3.05) is 30.0 Å². The van der Waals surface area contributed by atoms with Crippen molar-refractivity contribution in [3.8, 4) is 0 Å². The lowest BCUT2D eigenvalue weighted by atomic mass is 9.80. The first kappa shape index (κ1) is 29.4. The van der Waals surface area contributed by atoms with Gasteiger partial charge in [0.25, 0.3) is 5.16 Å². The number of nitrogens with zero attached hydrogens (tertiary/aromatic N) is 5. The van der Waals surface area contributed by atoms with E-state index in [1.807, 2.05) is 6.07 Å². The van der Waals surface area contributed by atoms with Crippen LogP contribution in [-0.4, -0.2) is 59.0 Å². The van der Waals surface area contributed by atoms with Gasteiger partial charge in [0.15, 0.2) is 11.5 Å². The summed E-state index contributed by atoms with van der Waals surface area (Å²) in [5, 5.41) is 2.90. The predicted octanol–water partition coefficient (Wildman–Crippen LogP) is 6.01. The van der Waals surface area contributed by atoms with E-state index in [1.165, 1.54) is 50.5 Å². The zero-order valence-corrected chi connectivity index (χ0v) is 26.3. The number of anilines is 2. The third-order valence-corrected chi connectivity index (χ3v) is 11.7. The van der Waals surface area contributed by atoms with Crippen molar-refractivity contribution in [2.24, 2.45) is 17.8 Å². The summed E-state index contributed by atoms with van der Waals surface area (Å²) in [4.78, 5) is 16.9. The van der Waals surface area contributed by atoms with E-state index in [1.54, 1.807) is 13.8 Å². The van der Waals surface area contributed by atoms with Gasteiger partial charge in [-0.05, 0) is 69.8 Å². The maximum absolute atomic E-state index is 13.4. The maximum Gasteiger partial charge on any atom is 0.251 e. The summed E-state index contributed by atoms with van der Waals surface area (Å²) in [6.45, 7) is 10.6. The van der Waals surface area contributed by atoms with Crippen LogP contribution >= 0.6 is 0 Å². The monoisotopic (exact) mass is 594 g/mol. The number of sulfone groups is 1. The summed E-state index contributed by atoms with van der Waals surface area (Å²) in [6.07, 6.45) is 8.40. The predicted molar refractivity (Wildman–Crippen MR) is 167 cm³/mol. The molecule has 2 aromatic heterocycles. The second-order valence-electron chi connectivity index (χ2n) is 13.1. The van der Waals surface area contributed by atoms with Gasteiger partial charge in [-0.3, -0.25) is 0 Å². The molecule has 42 heavy (non-hydrogen) atoms. The quantitative estimate of drug-likeness (QED) is 0.301. The molecule has 2 atom stereocenters. The van der Waals surface area contributed by atoms with Gasteiger partial charge >= 0.3 is 0 Å². The summed E-state index contributed by atoms with van der Waals surface area (Å²) < 4.78 is 35.0. The molecule has 3 fully saturated rings. The fraction of sp³-hybridized carbons (Fsp3) is 0.656. The minimum Gasteiger partial charge on any atom is -0.377 e. The number of benzene rings is 1. The van der Waals surface area contributed by atoms with Gasteiger partial charge < -0.3 is 19.5 Å². The number of hydrogen-bond acceptors (Lipinski definition) is 8. The van der Waals surface area contributed by atoms with Crippen LogP contribution in [0, 0.1) is 17.8 Å². The van der Waals surface area contributed by atoms with Gasteiger partial charge in [-0.25, -0.2) is 8.42 Å². The minimum atomic E-state index is -3.70. The lowest BCUT2D eigenvalue weighted by Crippen LogP contribution is -2.41. The van der Waals surface area contributed by atoms with Crippen molar-refractivity contribution < 1.29 is 13.2 Å². The number of hydrogen-bond donors (Lipinski definition) is 1. The molecule has 2 saturated carbocycles. The summed E-state index contributed by atoms with van der Waals surface area (Å²) in [7, 11) is -3.70. The molecule has 9 nitrogen and oxygen atoms in total. The van der Waals surface area contributed by atoms with Gasteiger partial charge in [0.05, 0.1) is 24.5 Å². The van der Waals surface area contributed by atoms with E-state index in [2.05, 4.69) is 57.9 Å². The highest BCUT2D eigenvalue weighted by Gasteiger charge is 2.34. The Morgan fingerprint density at radius 2 is 1.74 bits per heavy atom. The molecule has 0 unspecified atom stereocenters. The van der Waals surface area contributed by atoms with E-state index in [-0.39, 0.29) is 17.2 Å². The Morgan fingerprint density at radius 3 is 2.40 bits per heavy atom. The SMILES string of the molecule is CC1CCC(Cn2c(N3CCOC[C@H]3c3ccccc3)nc3nc(S(=O)(=O)C(C)C)nc(N[C@H](C)C4CCC4)c32)CC1. The number of aromatic nitrogens is 4. The molecule has 228 valence electrons. The molecule has 1 N–H and O–H groups in total. The molecule has 0 radical (unpaired) electrons. The van der Waals surface area contributed by atoms with Crippen LogP contribution in [0.15, 0.2) is 35.5 Å². The van der Waals surface area contributed by atoms with E-state index >= 15 is 0 Å². The third-order valence-electron chi connectivity index (χ3n) is 9.80. The lowest BCUT2D eigenvalue weighted by Gasteiger charge is -2.37. The van der Waals surface area contributed by atoms with Gasteiger partial charge in [0, 0.05) is 19.1 Å². The first-order chi connectivity index (χ1) is 20.2. The van der Waals surface area contributed by atoms with E-state index in [4.69, 9.17) is 14.7 Å². The first-order valence-corrected chi connectivity index (χ1v) is 17.4. The Morgan fingerprint density at radius 1 is 1.00 bits per heavy atom. The van der Waals surface area contributed by atoms with Gasteiger partial charge in [0.2, 0.25) is 15.8 Å². The van der Waals surface area contributed by atoms with E-state index < -0.39 is 15.1 Å². The van der Waals surface area contributed by atoms with Crippen molar-refractivity contribution in [3.05, 3.63) is 35.9 Å². The zero-order chi connectivity index (χ0) is 29.4.